The Balaban J connectivity index is 2.04. The summed E-state index contributed by atoms with van der Waals surface area (Å²) in [4.78, 5) is 0. The second-order valence-electron chi connectivity index (χ2n) is 5.75. The summed E-state index contributed by atoms with van der Waals surface area (Å²) in [5.41, 5.74) is 2.31. The van der Waals surface area contributed by atoms with Gasteiger partial charge in [-0.1, -0.05) is 38.5 Å². The number of nitrogens with zero attached hydrogens (tertiary/aromatic N) is 1. The van der Waals surface area contributed by atoms with Gasteiger partial charge in [-0.15, -0.1) is 4.28 Å². The maximum Gasteiger partial charge on any atom is 0.288 e. The number of rotatable bonds is 6. The Morgan fingerprint density at radius 3 is 2.50 bits per heavy atom. The Bertz CT molecular complexity index is 833. The number of anilines is 2. The Labute approximate surface area is 142 Å². The molecular weight excluding hydrogens is 326 g/mol. The molecule has 0 unspecified atom stereocenters. The van der Waals surface area contributed by atoms with Gasteiger partial charge in [0, 0.05) is 0 Å². The van der Waals surface area contributed by atoms with E-state index >= 15 is 0 Å². The molecule has 0 N–H and O–H groups in total. The molecular formula is C18H21NO4S. The van der Waals surface area contributed by atoms with E-state index in [0.29, 0.717) is 29.3 Å². The van der Waals surface area contributed by atoms with Crippen LogP contribution in [0.4, 0.5) is 11.4 Å². The predicted octanol–water partition coefficient (Wildman–Crippen LogP) is 4.55. The van der Waals surface area contributed by atoms with Crippen molar-refractivity contribution in [1.82, 2.24) is 0 Å². The van der Waals surface area contributed by atoms with Gasteiger partial charge in [0.15, 0.2) is 11.5 Å². The van der Waals surface area contributed by atoms with Crippen molar-refractivity contribution in [2.45, 2.75) is 33.1 Å². The van der Waals surface area contributed by atoms with Crippen molar-refractivity contribution in [3.05, 3.63) is 48.0 Å². The number of para-hydroxylation sites is 2. The summed E-state index contributed by atoms with van der Waals surface area (Å²) < 4.78 is 35.7. The van der Waals surface area contributed by atoms with E-state index in [-0.39, 0.29) is 5.75 Å². The molecule has 2 aromatic rings. The van der Waals surface area contributed by atoms with E-state index < -0.39 is 10.1 Å². The molecule has 3 rings (SSSR count). The minimum atomic E-state index is -3.67. The molecule has 1 aliphatic rings. The maximum absolute atomic E-state index is 12.2. The SMILES string of the molecule is CCCc1ccc2c(c1)Oc1ccccc1N2OS(=O)(=O)CCC. The van der Waals surface area contributed by atoms with E-state index in [2.05, 4.69) is 6.92 Å². The molecule has 0 saturated heterocycles. The zero-order valence-corrected chi connectivity index (χ0v) is 14.7. The Hall–Kier alpha value is -2.05. The number of benzene rings is 2. The van der Waals surface area contributed by atoms with Crippen molar-refractivity contribution in [1.29, 1.82) is 0 Å². The standard InChI is InChI=1S/C18H21NO4S/c1-3-7-14-10-11-16-18(13-14)22-17-9-6-5-8-15(17)19(16)23-24(20,21)12-4-2/h5-6,8-11,13H,3-4,7,12H2,1-2H3. The van der Waals surface area contributed by atoms with Gasteiger partial charge in [-0.25, -0.2) is 0 Å². The van der Waals surface area contributed by atoms with Crippen molar-refractivity contribution in [2.75, 3.05) is 10.8 Å². The van der Waals surface area contributed by atoms with Crippen molar-refractivity contribution >= 4 is 21.5 Å². The molecule has 2 aromatic carbocycles. The summed E-state index contributed by atoms with van der Waals surface area (Å²) in [5, 5.41) is 1.36. The summed E-state index contributed by atoms with van der Waals surface area (Å²) in [6.07, 6.45) is 2.46. The molecule has 5 nitrogen and oxygen atoms in total. The van der Waals surface area contributed by atoms with Crippen LogP contribution < -0.4 is 9.80 Å². The topological polar surface area (TPSA) is 55.8 Å². The molecule has 128 valence electrons. The molecule has 0 aromatic heterocycles. The molecule has 0 bridgehead atoms. The highest BCUT2D eigenvalue weighted by atomic mass is 32.2. The first kappa shape index (κ1) is 16.8. The molecule has 0 spiro atoms. The Kier molecular flexibility index (Phi) is 4.78. The van der Waals surface area contributed by atoms with Crippen molar-refractivity contribution in [3.63, 3.8) is 0 Å². The zero-order chi connectivity index (χ0) is 17.2. The number of hydrogen-bond donors (Lipinski definition) is 0. The molecule has 6 heteroatoms. The van der Waals surface area contributed by atoms with Gasteiger partial charge in [-0.05, 0) is 42.7 Å². The second kappa shape index (κ2) is 6.83. The molecule has 0 aliphatic carbocycles. The minimum Gasteiger partial charge on any atom is -0.453 e. The van der Waals surface area contributed by atoms with Gasteiger partial charge in [0.1, 0.15) is 11.4 Å². The summed E-state index contributed by atoms with van der Waals surface area (Å²) in [6, 6.07) is 13.0. The third-order valence-corrected chi connectivity index (χ3v) is 5.01. The largest absolute Gasteiger partial charge is 0.453 e. The average molecular weight is 347 g/mol. The van der Waals surface area contributed by atoms with Gasteiger partial charge in [0.25, 0.3) is 10.1 Å². The van der Waals surface area contributed by atoms with E-state index in [1.807, 2.05) is 30.3 Å². The van der Waals surface area contributed by atoms with Gasteiger partial charge >= 0.3 is 0 Å². The molecule has 1 aliphatic heterocycles. The van der Waals surface area contributed by atoms with Crippen molar-refractivity contribution in [2.24, 2.45) is 0 Å². The molecule has 0 saturated carbocycles. The monoisotopic (exact) mass is 347 g/mol. The first-order valence-corrected chi connectivity index (χ1v) is 9.74. The first-order chi connectivity index (χ1) is 11.5. The first-order valence-electron chi connectivity index (χ1n) is 8.16. The lowest BCUT2D eigenvalue weighted by molar-refractivity contribution is 0.308. The van der Waals surface area contributed by atoms with Crippen LogP contribution in [0.5, 0.6) is 11.5 Å². The van der Waals surface area contributed by atoms with Crippen LogP contribution in [0.1, 0.15) is 32.3 Å². The van der Waals surface area contributed by atoms with E-state index in [9.17, 15) is 8.42 Å². The fourth-order valence-corrected chi connectivity index (χ4v) is 3.66. The average Bonchev–Trinajstić information content (AvgIpc) is 2.54. The molecule has 1 heterocycles. The fourth-order valence-electron chi connectivity index (χ4n) is 2.69. The van der Waals surface area contributed by atoms with Gasteiger partial charge < -0.3 is 4.74 Å². The van der Waals surface area contributed by atoms with Crippen LogP contribution in [-0.2, 0) is 20.8 Å². The Morgan fingerprint density at radius 2 is 1.75 bits per heavy atom. The molecule has 24 heavy (non-hydrogen) atoms. The van der Waals surface area contributed by atoms with E-state index in [0.717, 1.165) is 18.4 Å². The van der Waals surface area contributed by atoms with Crippen molar-refractivity contribution < 1.29 is 17.4 Å². The highest BCUT2D eigenvalue weighted by Crippen LogP contribution is 2.47. The summed E-state index contributed by atoms with van der Waals surface area (Å²) in [7, 11) is -3.67. The minimum absolute atomic E-state index is 0.0320. The summed E-state index contributed by atoms with van der Waals surface area (Å²) in [5.74, 6) is 1.15. The molecule has 0 radical (unpaired) electrons. The van der Waals surface area contributed by atoms with E-state index in [1.54, 1.807) is 19.1 Å². The van der Waals surface area contributed by atoms with Crippen LogP contribution in [0.15, 0.2) is 42.5 Å². The van der Waals surface area contributed by atoms with Gasteiger partial charge in [0.05, 0.1) is 5.75 Å². The normalized spacial score (nSPS) is 13.2. The quantitative estimate of drug-likeness (QED) is 0.767. The second-order valence-corrected chi connectivity index (χ2v) is 7.43. The van der Waals surface area contributed by atoms with Crippen LogP contribution >= 0.6 is 0 Å². The lowest BCUT2D eigenvalue weighted by Crippen LogP contribution is -2.26. The summed E-state index contributed by atoms with van der Waals surface area (Å²) >= 11 is 0. The highest BCUT2D eigenvalue weighted by Gasteiger charge is 2.29. The van der Waals surface area contributed by atoms with E-state index in [1.165, 1.54) is 5.06 Å². The summed E-state index contributed by atoms with van der Waals surface area (Å²) in [6.45, 7) is 3.92. The predicted molar refractivity (Wildman–Crippen MR) is 94.3 cm³/mol. The fraction of sp³-hybridized carbons (Fsp3) is 0.333. The van der Waals surface area contributed by atoms with E-state index in [4.69, 9.17) is 9.02 Å². The molecule has 0 atom stereocenters. The zero-order valence-electron chi connectivity index (χ0n) is 13.9. The third-order valence-electron chi connectivity index (χ3n) is 3.73. The number of fused-ring (bicyclic) bond motifs is 2. The van der Waals surface area contributed by atoms with Crippen LogP contribution in [-0.4, -0.2) is 14.2 Å². The lowest BCUT2D eigenvalue weighted by atomic mass is 10.1. The van der Waals surface area contributed by atoms with Crippen LogP contribution in [0, 0.1) is 0 Å². The van der Waals surface area contributed by atoms with Crippen molar-refractivity contribution in [3.8, 4) is 11.5 Å². The smallest absolute Gasteiger partial charge is 0.288 e. The van der Waals surface area contributed by atoms with Gasteiger partial charge in [-0.3, -0.25) is 0 Å². The van der Waals surface area contributed by atoms with Gasteiger partial charge in [0.2, 0.25) is 0 Å². The highest BCUT2D eigenvalue weighted by molar-refractivity contribution is 7.86. The lowest BCUT2D eigenvalue weighted by Gasteiger charge is -2.30. The number of hydrogen-bond acceptors (Lipinski definition) is 5. The molecule has 0 amide bonds. The van der Waals surface area contributed by atoms with Crippen LogP contribution in [0.25, 0.3) is 0 Å². The molecule has 0 fully saturated rings. The van der Waals surface area contributed by atoms with Gasteiger partial charge in [-0.2, -0.15) is 13.5 Å². The van der Waals surface area contributed by atoms with Crippen LogP contribution in [0.2, 0.25) is 0 Å². The number of aryl methyl sites for hydroxylation is 1. The number of ether oxygens (including phenoxy) is 1. The Morgan fingerprint density at radius 1 is 1.00 bits per heavy atom. The maximum atomic E-state index is 12.2. The van der Waals surface area contributed by atoms with Crippen LogP contribution in [0.3, 0.4) is 0 Å². The third kappa shape index (κ3) is 3.39.